The number of rotatable bonds is 2. The zero-order valence-electron chi connectivity index (χ0n) is 10.8. The van der Waals surface area contributed by atoms with Crippen LogP contribution in [0, 0.1) is 6.92 Å². The number of nitrogens with zero attached hydrogens (tertiary/aromatic N) is 3. The lowest BCUT2D eigenvalue weighted by Crippen LogP contribution is -2.39. The molecule has 1 atom stereocenters. The standard InChI is InChI=1S/C13H16N4O2/c1-9-5-7-19-11(9)13(18)17-6-3-2-4-10(17)12-14-8-15-16-12/h5,7-8,10H,2-4,6H2,1H3,(H,14,15,16). The zero-order chi connectivity index (χ0) is 13.2. The predicted molar refractivity (Wildman–Crippen MR) is 67.5 cm³/mol. The van der Waals surface area contributed by atoms with Crippen LogP contribution in [0.4, 0.5) is 0 Å². The van der Waals surface area contributed by atoms with Gasteiger partial charge in [0.2, 0.25) is 0 Å². The molecule has 2 aromatic rings. The summed E-state index contributed by atoms with van der Waals surface area (Å²) in [6, 6.07) is 1.77. The van der Waals surface area contributed by atoms with Crippen molar-refractivity contribution in [1.82, 2.24) is 20.1 Å². The van der Waals surface area contributed by atoms with Gasteiger partial charge < -0.3 is 9.32 Å². The molecule has 0 aromatic carbocycles. The summed E-state index contributed by atoms with van der Waals surface area (Å²) in [5.41, 5.74) is 0.867. The maximum atomic E-state index is 12.6. The summed E-state index contributed by atoms with van der Waals surface area (Å²) >= 11 is 0. The molecule has 1 unspecified atom stereocenters. The number of H-pyrrole nitrogens is 1. The molecule has 3 rings (SSSR count). The summed E-state index contributed by atoms with van der Waals surface area (Å²) in [6.07, 6.45) is 6.03. The van der Waals surface area contributed by atoms with Gasteiger partial charge in [0, 0.05) is 12.1 Å². The second-order valence-electron chi connectivity index (χ2n) is 4.81. The fourth-order valence-corrected chi connectivity index (χ4v) is 2.56. The smallest absolute Gasteiger partial charge is 0.290 e. The highest BCUT2D eigenvalue weighted by Crippen LogP contribution is 2.30. The molecular weight excluding hydrogens is 244 g/mol. The van der Waals surface area contributed by atoms with Crippen molar-refractivity contribution in [2.24, 2.45) is 0 Å². The van der Waals surface area contributed by atoms with E-state index in [0.717, 1.165) is 37.2 Å². The van der Waals surface area contributed by atoms with Gasteiger partial charge in [0.05, 0.1) is 12.3 Å². The number of aryl methyl sites for hydroxylation is 1. The maximum Gasteiger partial charge on any atom is 0.290 e. The molecule has 100 valence electrons. The predicted octanol–water partition coefficient (Wildman–Crippen LogP) is 2.07. The van der Waals surface area contributed by atoms with Crippen LogP contribution in [-0.2, 0) is 0 Å². The molecule has 0 bridgehead atoms. The van der Waals surface area contributed by atoms with Crippen molar-refractivity contribution >= 4 is 5.91 Å². The van der Waals surface area contributed by atoms with Crippen LogP contribution >= 0.6 is 0 Å². The van der Waals surface area contributed by atoms with E-state index in [1.807, 2.05) is 11.8 Å². The lowest BCUT2D eigenvalue weighted by atomic mass is 10.0. The maximum absolute atomic E-state index is 12.6. The largest absolute Gasteiger partial charge is 0.459 e. The average Bonchev–Trinajstić information content (AvgIpc) is 3.09. The van der Waals surface area contributed by atoms with Crippen LogP contribution in [0.2, 0.25) is 0 Å². The van der Waals surface area contributed by atoms with E-state index >= 15 is 0 Å². The van der Waals surface area contributed by atoms with Gasteiger partial charge in [0.25, 0.3) is 5.91 Å². The first-order chi connectivity index (χ1) is 9.27. The van der Waals surface area contributed by atoms with E-state index in [9.17, 15) is 4.79 Å². The number of amides is 1. The van der Waals surface area contributed by atoms with E-state index in [4.69, 9.17) is 4.42 Å². The SMILES string of the molecule is Cc1ccoc1C(=O)N1CCCCC1c1ncn[nH]1. The lowest BCUT2D eigenvalue weighted by Gasteiger charge is -2.33. The highest BCUT2D eigenvalue weighted by atomic mass is 16.3. The molecule has 1 aliphatic heterocycles. The number of hydrogen-bond donors (Lipinski definition) is 1. The van der Waals surface area contributed by atoms with Gasteiger partial charge in [-0.05, 0) is 32.3 Å². The summed E-state index contributed by atoms with van der Waals surface area (Å²) in [4.78, 5) is 18.6. The second-order valence-corrected chi connectivity index (χ2v) is 4.81. The number of aromatic amines is 1. The summed E-state index contributed by atoms with van der Waals surface area (Å²) in [6.45, 7) is 2.61. The van der Waals surface area contributed by atoms with Crippen molar-refractivity contribution in [2.45, 2.75) is 32.2 Å². The van der Waals surface area contributed by atoms with Crippen molar-refractivity contribution < 1.29 is 9.21 Å². The van der Waals surface area contributed by atoms with E-state index in [0.29, 0.717) is 5.76 Å². The zero-order valence-corrected chi connectivity index (χ0v) is 10.8. The summed E-state index contributed by atoms with van der Waals surface area (Å²) in [5.74, 6) is 1.10. The second kappa shape index (κ2) is 4.87. The number of furan rings is 1. The molecule has 1 aliphatic rings. The van der Waals surface area contributed by atoms with Crippen molar-refractivity contribution in [3.05, 3.63) is 35.8 Å². The Morgan fingerprint density at radius 2 is 2.42 bits per heavy atom. The number of hydrogen-bond acceptors (Lipinski definition) is 4. The third kappa shape index (κ3) is 2.14. The van der Waals surface area contributed by atoms with Crippen LogP contribution in [0.25, 0.3) is 0 Å². The van der Waals surface area contributed by atoms with E-state index in [1.165, 1.54) is 6.33 Å². The summed E-state index contributed by atoms with van der Waals surface area (Å²) in [5, 5.41) is 6.74. The average molecular weight is 260 g/mol. The van der Waals surface area contributed by atoms with E-state index in [1.54, 1.807) is 12.3 Å². The molecule has 1 fully saturated rings. The summed E-state index contributed by atoms with van der Waals surface area (Å²) in [7, 11) is 0. The van der Waals surface area contributed by atoms with Crippen molar-refractivity contribution in [2.75, 3.05) is 6.54 Å². The molecule has 6 heteroatoms. The van der Waals surface area contributed by atoms with Crippen molar-refractivity contribution in [1.29, 1.82) is 0 Å². The van der Waals surface area contributed by atoms with Gasteiger partial charge in [-0.15, -0.1) is 0 Å². The topological polar surface area (TPSA) is 75.0 Å². The molecule has 6 nitrogen and oxygen atoms in total. The first-order valence-corrected chi connectivity index (χ1v) is 6.47. The van der Waals surface area contributed by atoms with E-state index < -0.39 is 0 Å². The number of carbonyl (C=O) groups is 1. The molecule has 19 heavy (non-hydrogen) atoms. The number of nitrogens with one attached hydrogen (secondary N) is 1. The molecule has 1 N–H and O–H groups in total. The van der Waals surface area contributed by atoms with Gasteiger partial charge in [-0.25, -0.2) is 4.98 Å². The molecule has 3 heterocycles. The number of aromatic nitrogens is 3. The normalized spacial score (nSPS) is 19.6. The minimum Gasteiger partial charge on any atom is -0.459 e. The minimum absolute atomic E-state index is 0.0340. The van der Waals surface area contributed by atoms with E-state index in [2.05, 4.69) is 15.2 Å². The highest BCUT2D eigenvalue weighted by Gasteiger charge is 2.32. The fraction of sp³-hybridized carbons (Fsp3) is 0.462. The van der Waals surface area contributed by atoms with Crippen LogP contribution in [0.3, 0.4) is 0 Å². The minimum atomic E-state index is -0.0661. The van der Waals surface area contributed by atoms with Crippen molar-refractivity contribution in [3.8, 4) is 0 Å². The Labute approximate surface area is 110 Å². The van der Waals surface area contributed by atoms with Gasteiger partial charge in [-0.1, -0.05) is 0 Å². The number of likely N-dealkylation sites (tertiary alicyclic amines) is 1. The summed E-state index contributed by atoms with van der Waals surface area (Å²) < 4.78 is 5.31. The third-order valence-electron chi connectivity index (χ3n) is 3.57. The first kappa shape index (κ1) is 12.0. The van der Waals surface area contributed by atoms with Crippen LogP contribution in [0.15, 0.2) is 23.1 Å². The monoisotopic (exact) mass is 260 g/mol. The molecule has 2 aromatic heterocycles. The fourth-order valence-electron chi connectivity index (χ4n) is 2.56. The quantitative estimate of drug-likeness (QED) is 0.897. The van der Waals surface area contributed by atoms with Gasteiger partial charge >= 0.3 is 0 Å². The van der Waals surface area contributed by atoms with Gasteiger partial charge in [-0.2, -0.15) is 5.10 Å². The Morgan fingerprint density at radius 1 is 1.53 bits per heavy atom. The molecule has 0 radical (unpaired) electrons. The first-order valence-electron chi connectivity index (χ1n) is 6.47. The lowest BCUT2D eigenvalue weighted by molar-refractivity contribution is 0.0567. The Hall–Kier alpha value is -2.11. The Morgan fingerprint density at radius 3 is 3.11 bits per heavy atom. The van der Waals surface area contributed by atoms with Crippen molar-refractivity contribution in [3.63, 3.8) is 0 Å². The molecule has 0 spiro atoms. The van der Waals surface area contributed by atoms with Crippen LogP contribution in [0.5, 0.6) is 0 Å². The van der Waals surface area contributed by atoms with Gasteiger partial charge in [0.1, 0.15) is 12.2 Å². The molecule has 1 amide bonds. The van der Waals surface area contributed by atoms with Crippen LogP contribution in [-0.4, -0.2) is 32.5 Å². The molecular formula is C13H16N4O2. The third-order valence-corrected chi connectivity index (χ3v) is 3.57. The van der Waals surface area contributed by atoms with Crippen LogP contribution in [0.1, 0.15) is 47.2 Å². The van der Waals surface area contributed by atoms with Gasteiger partial charge in [0.15, 0.2) is 5.76 Å². The Balaban J connectivity index is 1.89. The molecule has 0 aliphatic carbocycles. The molecule has 0 saturated carbocycles. The highest BCUT2D eigenvalue weighted by molar-refractivity contribution is 5.93. The van der Waals surface area contributed by atoms with E-state index in [-0.39, 0.29) is 11.9 Å². The number of carbonyl (C=O) groups excluding carboxylic acids is 1. The Kier molecular flexibility index (Phi) is 3.06. The van der Waals surface area contributed by atoms with Gasteiger partial charge in [-0.3, -0.25) is 9.89 Å². The Bertz CT molecular complexity index is 561. The van der Waals surface area contributed by atoms with Crippen LogP contribution < -0.4 is 0 Å². The molecule has 1 saturated heterocycles. The number of piperidine rings is 1.